The summed E-state index contributed by atoms with van der Waals surface area (Å²) in [5.74, 6) is 0.346. The summed E-state index contributed by atoms with van der Waals surface area (Å²) >= 11 is 5.86. The highest BCUT2D eigenvalue weighted by molar-refractivity contribution is 6.30. The van der Waals surface area contributed by atoms with Crippen LogP contribution in [-0.4, -0.2) is 52.7 Å². The van der Waals surface area contributed by atoms with E-state index in [2.05, 4.69) is 10.1 Å². The van der Waals surface area contributed by atoms with Gasteiger partial charge in [-0.15, -0.1) is 0 Å². The van der Waals surface area contributed by atoms with Crippen LogP contribution in [0.4, 0.5) is 0 Å². The van der Waals surface area contributed by atoms with Gasteiger partial charge in [0.05, 0.1) is 6.10 Å². The molecule has 26 heavy (non-hydrogen) atoms. The van der Waals surface area contributed by atoms with Gasteiger partial charge in [0.15, 0.2) is 0 Å². The third kappa shape index (κ3) is 4.80. The smallest absolute Gasteiger partial charge is 0.243 e. The first-order valence-electron chi connectivity index (χ1n) is 8.27. The van der Waals surface area contributed by atoms with Gasteiger partial charge in [-0.25, -0.2) is 0 Å². The van der Waals surface area contributed by atoms with Crippen molar-refractivity contribution in [1.29, 1.82) is 0 Å². The number of benzene rings is 1. The predicted molar refractivity (Wildman–Crippen MR) is 93.2 cm³/mol. The quantitative estimate of drug-likeness (QED) is 0.779. The van der Waals surface area contributed by atoms with Gasteiger partial charge in [-0.1, -0.05) is 16.8 Å². The molecule has 1 aromatic carbocycles. The van der Waals surface area contributed by atoms with Crippen LogP contribution in [0.25, 0.3) is 11.4 Å². The first-order chi connectivity index (χ1) is 12.5. The van der Waals surface area contributed by atoms with Gasteiger partial charge in [-0.05, 0) is 30.7 Å². The zero-order valence-electron chi connectivity index (χ0n) is 14.1. The number of rotatable bonds is 7. The average Bonchev–Trinajstić information content (AvgIpc) is 3.28. The molecule has 3 rings (SSSR count). The molecule has 0 bridgehead atoms. The van der Waals surface area contributed by atoms with Gasteiger partial charge >= 0.3 is 0 Å². The van der Waals surface area contributed by atoms with E-state index < -0.39 is 5.91 Å². The monoisotopic (exact) mass is 378 g/mol. The molecule has 1 saturated heterocycles. The highest BCUT2D eigenvalue weighted by Gasteiger charge is 2.27. The van der Waals surface area contributed by atoms with E-state index in [0.29, 0.717) is 42.7 Å². The van der Waals surface area contributed by atoms with Crippen molar-refractivity contribution in [3.63, 3.8) is 0 Å². The number of ether oxygens (including phenoxy) is 1. The van der Waals surface area contributed by atoms with Crippen molar-refractivity contribution >= 4 is 23.4 Å². The number of hydrogen-bond acceptors (Lipinski definition) is 6. The van der Waals surface area contributed by atoms with Crippen molar-refractivity contribution in [2.75, 3.05) is 19.7 Å². The summed E-state index contributed by atoms with van der Waals surface area (Å²) in [4.78, 5) is 29.0. The zero-order chi connectivity index (χ0) is 18.5. The fraction of sp³-hybridized carbons (Fsp3) is 0.412. The zero-order valence-corrected chi connectivity index (χ0v) is 14.8. The third-order valence-electron chi connectivity index (χ3n) is 4.08. The van der Waals surface area contributed by atoms with Crippen LogP contribution in [0.2, 0.25) is 5.02 Å². The number of carbonyl (C=O) groups excluding carboxylic acids is 2. The van der Waals surface area contributed by atoms with E-state index in [-0.39, 0.29) is 25.0 Å². The van der Waals surface area contributed by atoms with Crippen LogP contribution in [0.5, 0.6) is 0 Å². The number of aryl methyl sites for hydroxylation is 1. The second-order valence-corrected chi connectivity index (χ2v) is 6.48. The van der Waals surface area contributed by atoms with Crippen molar-refractivity contribution in [2.24, 2.45) is 5.73 Å². The Morgan fingerprint density at radius 2 is 2.12 bits per heavy atom. The van der Waals surface area contributed by atoms with Crippen LogP contribution < -0.4 is 5.73 Å². The summed E-state index contributed by atoms with van der Waals surface area (Å²) in [5.41, 5.74) is 5.85. The number of carbonyl (C=O) groups is 2. The Hall–Kier alpha value is -2.45. The summed E-state index contributed by atoms with van der Waals surface area (Å²) in [6.45, 7) is 0.941. The lowest BCUT2D eigenvalue weighted by Gasteiger charge is -2.16. The Kier molecular flexibility index (Phi) is 5.85. The number of hydrogen-bond donors (Lipinski definition) is 1. The molecule has 1 aromatic heterocycles. The maximum atomic E-state index is 12.3. The number of amides is 2. The van der Waals surface area contributed by atoms with Gasteiger partial charge in [0, 0.05) is 36.5 Å². The Morgan fingerprint density at radius 3 is 2.85 bits per heavy atom. The van der Waals surface area contributed by atoms with E-state index in [1.165, 1.54) is 0 Å². The van der Waals surface area contributed by atoms with Gasteiger partial charge in [0.25, 0.3) is 0 Å². The van der Waals surface area contributed by atoms with Crippen molar-refractivity contribution in [3.05, 3.63) is 35.2 Å². The summed E-state index contributed by atoms with van der Waals surface area (Å²) in [6, 6.07) is 7.11. The summed E-state index contributed by atoms with van der Waals surface area (Å²) in [6.07, 6.45) is 1.18. The summed E-state index contributed by atoms with van der Waals surface area (Å²) < 4.78 is 10.6. The minimum Gasteiger partial charge on any atom is -0.368 e. The van der Waals surface area contributed by atoms with Crippen molar-refractivity contribution in [1.82, 2.24) is 15.0 Å². The number of primary amides is 1. The fourth-order valence-corrected chi connectivity index (χ4v) is 2.86. The SMILES string of the molecule is NC(=O)CO[C@@H]1CCN(C(=O)CCc2nc(-c3ccc(Cl)cc3)no2)C1. The standard InChI is InChI=1S/C17H19ClN4O4/c18-12-3-1-11(2-4-12)17-20-15(26-21-17)5-6-16(24)22-8-7-13(9-22)25-10-14(19)23/h1-4,13H,5-10H2,(H2,19,23)/t13-/m1/s1. The maximum absolute atomic E-state index is 12.3. The van der Waals surface area contributed by atoms with Crippen LogP contribution in [-0.2, 0) is 20.7 Å². The van der Waals surface area contributed by atoms with E-state index in [1.807, 2.05) is 0 Å². The molecule has 2 amide bonds. The third-order valence-corrected chi connectivity index (χ3v) is 4.33. The number of halogens is 1. The molecule has 1 aliphatic heterocycles. The van der Waals surface area contributed by atoms with Crippen molar-refractivity contribution < 1.29 is 18.8 Å². The number of nitrogens with two attached hydrogens (primary N) is 1. The van der Waals surface area contributed by atoms with Crippen molar-refractivity contribution in [2.45, 2.75) is 25.4 Å². The fourth-order valence-electron chi connectivity index (χ4n) is 2.74. The average molecular weight is 379 g/mol. The molecular weight excluding hydrogens is 360 g/mol. The van der Waals surface area contributed by atoms with Gasteiger partial charge in [0.1, 0.15) is 6.61 Å². The Labute approximate surface area is 155 Å². The van der Waals surface area contributed by atoms with Crippen LogP contribution >= 0.6 is 11.6 Å². The molecule has 0 unspecified atom stereocenters. The van der Waals surface area contributed by atoms with Gasteiger partial charge in [-0.2, -0.15) is 4.98 Å². The van der Waals surface area contributed by atoms with E-state index in [4.69, 9.17) is 26.6 Å². The number of nitrogens with zero attached hydrogens (tertiary/aromatic N) is 3. The normalized spacial score (nSPS) is 16.8. The number of likely N-dealkylation sites (tertiary alicyclic amines) is 1. The molecule has 1 atom stereocenters. The Balaban J connectivity index is 1.48. The van der Waals surface area contributed by atoms with Crippen molar-refractivity contribution in [3.8, 4) is 11.4 Å². The molecule has 138 valence electrons. The van der Waals surface area contributed by atoms with E-state index in [1.54, 1.807) is 29.2 Å². The first kappa shape index (κ1) is 18.3. The molecule has 2 heterocycles. The topological polar surface area (TPSA) is 112 Å². The minimum absolute atomic E-state index is 0.0126. The van der Waals surface area contributed by atoms with Gasteiger partial charge < -0.3 is 19.9 Å². The number of aromatic nitrogens is 2. The van der Waals surface area contributed by atoms with Gasteiger partial charge in [-0.3, -0.25) is 9.59 Å². The van der Waals surface area contributed by atoms with Gasteiger partial charge in [0.2, 0.25) is 23.5 Å². The van der Waals surface area contributed by atoms with Crippen LogP contribution in [0.15, 0.2) is 28.8 Å². The lowest BCUT2D eigenvalue weighted by molar-refractivity contribution is -0.130. The highest BCUT2D eigenvalue weighted by atomic mass is 35.5. The Morgan fingerprint density at radius 1 is 1.35 bits per heavy atom. The minimum atomic E-state index is -0.511. The van der Waals surface area contributed by atoms with E-state index in [0.717, 1.165) is 5.56 Å². The lowest BCUT2D eigenvalue weighted by Crippen LogP contribution is -2.31. The molecule has 0 radical (unpaired) electrons. The van der Waals surface area contributed by atoms with Crippen LogP contribution in [0.1, 0.15) is 18.7 Å². The van der Waals surface area contributed by atoms with Crippen LogP contribution in [0.3, 0.4) is 0 Å². The largest absolute Gasteiger partial charge is 0.368 e. The lowest BCUT2D eigenvalue weighted by atomic mass is 10.2. The molecule has 9 heteroatoms. The molecule has 1 fully saturated rings. The molecular formula is C17H19ClN4O4. The van der Waals surface area contributed by atoms with E-state index in [9.17, 15) is 9.59 Å². The molecule has 1 aliphatic rings. The second-order valence-electron chi connectivity index (χ2n) is 6.05. The summed E-state index contributed by atoms with van der Waals surface area (Å²) in [7, 11) is 0. The second kappa shape index (κ2) is 8.29. The van der Waals surface area contributed by atoms with E-state index >= 15 is 0 Å². The molecule has 8 nitrogen and oxygen atoms in total. The molecule has 2 N–H and O–H groups in total. The van der Waals surface area contributed by atoms with Crippen LogP contribution in [0, 0.1) is 0 Å². The first-order valence-corrected chi connectivity index (χ1v) is 8.65. The highest BCUT2D eigenvalue weighted by Crippen LogP contribution is 2.19. The maximum Gasteiger partial charge on any atom is 0.243 e. The summed E-state index contributed by atoms with van der Waals surface area (Å²) in [5, 5.41) is 4.56. The molecule has 0 aliphatic carbocycles. The predicted octanol–water partition coefficient (Wildman–Crippen LogP) is 1.43. The Bertz CT molecular complexity index is 777. The molecule has 0 saturated carbocycles. The molecule has 2 aromatic rings. The molecule has 0 spiro atoms.